The largest absolute Gasteiger partial charge is 0.573 e. The van der Waals surface area contributed by atoms with E-state index in [1.165, 1.54) is 19.1 Å². The maximum Gasteiger partial charge on any atom is 0.573 e. The molecular formula is C9H5BrF3IO2. The Labute approximate surface area is 111 Å². The number of benzene rings is 1. The quantitative estimate of drug-likeness (QED) is 0.542. The molecule has 1 rings (SSSR count). The van der Waals surface area contributed by atoms with Crippen LogP contribution >= 0.6 is 38.5 Å². The third kappa shape index (κ3) is 3.62. The molecular weight excluding hydrogens is 404 g/mol. The van der Waals surface area contributed by atoms with Gasteiger partial charge in [-0.2, -0.15) is 0 Å². The van der Waals surface area contributed by atoms with Gasteiger partial charge in [-0.3, -0.25) is 4.79 Å². The first kappa shape index (κ1) is 13.8. The summed E-state index contributed by atoms with van der Waals surface area (Å²) >= 11 is 4.61. The minimum absolute atomic E-state index is 0.0990. The van der Waals surface area contributed by atoms with Crippen LogP contribution in [0.4, 0.5) is 13.2 Å². The number of carbonyl (C=O) groups excluding carboxylic acids is 1. The van der Waals surface area contributed by atoms with Crippen LogP contribution in [0.5, 0.6) is 5.75 Å². The molecule has 0 aliphatic heterocycles. The zero-order chi connectivity index (χ0) is 12.5. The molecule has 2 nitrogen and oxygen atoms in total. The molecule has 0 heterocycles. The highest BCUT2D eigenvalue weighted by Crippen LogP contribution is 2.35. The number of ether oxygens (including phenoxy) is 1. The second-order valence-corrected chi connectivity index (χ2v) is 4.89. The van der Waals surface area contributed by atoms with Gasteiger partial charge in [0.15, 0.2) is 11.5 Å². The van der Waals surface area contributed by atoms with Crippen molar-refractivity contribution in [3.8, 4) is 5.75 Å². The molecule has 0 fully saturated rings. The maximum absolute atomic E-state index is 12.0. The molecule has 88 valence electrons. The van der Waals surface area contributed by atoms with Gasteiger partial charge in [0.05, 0.1) is 8.04 Å². The Kier molecular flexibility index (Phi) is 4.22. The second kappa shape index (κ2) is 4.91. The van der Waals surface area contributed by atoms with Crippen LogP contribution in [-0.4, -0.2) is 12.1 Å². The minimum Gasteiger partial charge on any atom is -0.403 e. The molecule has 0 aliphatic rings. The lowest BCUT2D eigenvalue weighted by atomic mass is 10.1. The Bertz CT molecular complexity index is 408. The van der Waals surface area contributed by atoms with Crippen LogP contribution in [-0.2, 0) is 0 Å². The Morgan fingerprint density at radius 1 is 1.44 bits per heavy atom. The molecule has 0 unspecified atom stereocenters. The predicted molar refractivity (Wildman–Crippen MR) is 63.5 cm³/mol. The van der Waals surface area contributed by atoms with Crippen molar-refractivity contribution in [1.29, 1.82) is 0 Å². The Hall–Kier alpha value is -0.310. The molecule has 0 atom stereocenters. The molecule has 16 heavy (non-hydrogen) atoms. The normalized spacial score (nSPS) is 11.4. The molecule has 0 aliphatic carbocycles. The number of carbonyl (C=O) groups is 1. The van der Waals surface area contributed by atoms with Crippen molar-refractivity contribution in [2.24, 2.45) is 0 Å². The maximum atomic E-state index is 12.0. The average Bonchev–Trinajstić information content (AvgIpc) is 2.09. The highest BCUT2D eigenvalue weighted by Gasteiger charge is 2.33. The van der Waals surface area contributed by atoms with Gasteiger partial charge in [0.1, 0.15) is 0 Å². The second-order valence-electron chi connectivity index (χ2n) is 2.87. The van der Waals surface area contributed by atoms with Crippen molar-refractivity contribution in [2.45, 2.75) is 13.3 Å². The summed E-state index contributed by atoms with van der Waals surface area (Å²) in [5.74, 6) is -0.560. The monoisotopic (exact) mass is 408 g/mol. The number of rotatable bonds is 2. The molecule has 1 aromatic rings. The van der Waals surface area contributed by atoms with Gasteiger partial charge < -0.3 is 4.74 Å². The van der Waals surface area contributed by atoms with Crippen LogP contribution in [0.15, 0.2) is 16.6 Å². The molecule has 0 bridgehead atoms. The van der Waals surface area contributed by atoms with E-state index in [0.717, 1.165) is 0 Å². The lowest BCUT2D eigenvalue weighted by Gasteiger charge is -2.13. The van der Waals surface area contributed by atoms with E-state index in [1.54, 1.807) is 22.6 Å². The van der Waals surface area contributed by atoms with Crippen molar-refractivity contribution < 1.29 is 22.7 Å². The molecule has 1 aromatic carbocycles. The van der Waals surface area contributed by atoms with Gasteiger partial charge in [0.2, 0.25) is 0 Å². The van der Waals surface area contributed by atoms with Gasteiger partial charge in [0.25, 0.3) is 0 Å². The molecule has 7 heteroatoms. The summed E-state index contributed by atoms with van der Waals surface area (Å²) in [6, 6.07) is 2.64. The molecule has 0 aromatic heterocycles. The summed E-state index contributed by atoms with van der Waals surface area (Å²) in [5.41, 5.74) is 0.325. The SMILES string of the molecule is CC(=O)c1cc(Br)c(OC(F)(F)F)c(I)c1. The lowest BCUT2D eigenvalue weighted by Crippen LogP contribution is -2.18. The van der Waals surface area contributed by atoms with E-state index >= 15 is 0 Å². The zero-order valence-corrected chi connectivity index (χ0v) is 11.6. The highest BCUT2D eigenvalue weighted by molar-refractivity contribution is 14.1. The summed E-state index contributed by atoms with van der Waals surface area (Å²) < 4.78 is 40.3. The van der Waals surface area contributed by atoms with E-state index in [0.29, 0.717) is 5.56 Å². The van der Waals surface area contributed by atoms with Crippen LogP contribution in [0.1, 0.15) is 17.3 Å². The predicted octanol–water partition coefficient (Wildman–Crippen LogP) is 4.15. The Morgan fingerprint density at radius 2 is 2.00 bits per heavy atom. The van der Waals surface area contributed by atoms with Crippen molar-refractivity contribution in [1.82, 2.24) is 0 Å². The van der Waals surface area contributed by atoms with Crippen molar-refractivity contribution in [3.63, 3.8) is 0 Å². The van der Waals surface area contributed by atoms with Crippen LogP contribution in [0.25, 0.3) is 0 Å². The Morgan fingerprint density at radius 3 is 2.38 bits per heavy atom. The Balaban J connectivity index is 3.18. The lowest BCUT2D eigenvalue weighted by molar-refractivity contribution is -0.275. The molecule has 0 radical (unpaired) electrons. The van der Waals surface area contributed by atoms with E-state index in [-0.39, 0.29) is 19.6 Å². The summed E-state index contributed by atoms with van der Waals surface area (Å²) in [7, 11) is 0. The van der Waals surface area contributed by atoms with Crippen molar-refractivity contribution >= 4 is 44.3 Å². The van der Waals surface area contributed by atoms with Gasteiger partial charge >= 0.3 is 6.36 Å². The number of Topliss-reactive ketones (excluding diaryl/α,β-unsaturated/α-hetero) is 1. The van der Waals surface area contributed by atoms with Gasteiger partial charge in [-0.05, 0) is 57.6 Å². The molecule has 0 saturated carbocycles. The summed E-state index contributed by atoms with van der Waals surface area (Å²) in [4.78, 5) is 11.1. The summed E-state index contributed by atoms with van der Waals surface area (Å²) in [6.45, 7) is 1.34. The summed E-state index contributed by atoms with van der Waals surface area (Å²) in [5, 5.41) is 0. The van der Waals surface area contributed by atoms with Gasteiger partial charge in [-0.25, -0.2) is 0 Å². The van der Waals surface area contributed by atoms with Crippen molar-refractivity contribution in [3.05, 3.63) is 25.7 Å². The standard InChI is InChI=1S/C9H5BrF3IO2/c1-4(15)5-2-6(10)8(7(14)3-5)16-9(11,12)13/h2-3H,1H3. The highest BCUT2D eigenvalue weighted by atomic mass is 127. The fourth-order valence-electron chi connectivity index (χ4n) is 0.976. The minimum atomic E-state index is -4.75. The topological polar surface area (TPSA) is 26.3 Å². The average molecular weight is 409 g/mol. The first-order chi connectivity index (χ1) is 7.20. The third-order valence-corrected chi connectivity index (χ3v) is 3.01. The number of hydrogen-bond donors (Lipinski definition) is 0. The third-order valence-electron chi connectivity index (χ3n) is 1.62. The van der Waals surface area contributed by atoms with Crippen LogP contribution < -0.4 is 4.74 Å². The fourth-order valence-corrected chi connectivity index (χ4v) is 2.62. The van der Waals surface area contributed by atoms with Crippen LogP contribution in [0.3, 0.4) is 0 Å². The smallest absolute Gasteiger partial charge is 0.403 e. The number of alkyl halides is 3. The molecule has 0 spiro atoms. The number of hydrogen-bond acceptors (Lipinski definition) is 2. The van der Waals surface area contributed by atoms with Gasteiger partial charge in [0, 0.05) is 5.56 Å². The number of halogens is 5. The van der Waals surface area contributed by atoms with E-state index in [4.69, 9.17) is 0 Å². The van der Waals surface area contributed by atoms with E-state index in [2.05, 4.69) is 20.7 Å². The summed E-state index contributed by atoms with van der Waals surface area (Å²) in [6.07, 6.45) is -4.75. The molecule has 0 amide bonds. The fraction of sp³-hybridized carbons (Fsp3) is 0.222. The van der Waals surface area contributed by atoms with Gasteiger partial charge in [-0.1, -0.05) is 0 Å². The van der Waals surface area contributed by atoms with Crippen LogP contribution in [0, 0.1) is 3.57 Å². The molecule has 0 N–H and O–H groups in total. The number of ketones is 1. The van der Waals surface area contributed by atoms with Crippen LogP contribution in [0.2, 0.25) is 0 Å². The first-order valence-corrected chi connectivity index (χ1v) is 5.83. The van der Waals surface area contributed by atoms with E-state index in [1.807, 2.05) is 0 Å². The first-order valence-electron chi connectivity index (χ1n) is 3.96. The van der Waals surface area contributed by atoms with Crippen molar-refractivity contribution in [2.75, 3.05) is 0 Å². The zero-order valence-electron chi connectivity index (χ0n) is 7.86. The van der Waals surface area contributed by atoms with E-state index in [9.17, 15) is 18.0 Å². The van der Waals surface area contributed by atoms with Gasteiger partial charge in [-0.15, -0.1) is 13.2 Å². The molecule has 0 saturated heterocycles. The van der Waals surface area contributed by atoms with E-state index < -0.39 is 6.36 Å².